The Bertz CT molecular complexity index is 1390. The maximum atomic E-state index is 15.1. The second-order valence-corrected chi connectivity index (χ2v) is 11.1. The van der Waals surface area contributed by atoms with E-state index in [1.807, 2.05) is 6.07 Å². The molecule has 2 aliphatic heterocycles. The van der Waals surface area contributed by atoms with Crippen molar-refractivity contribution in [3.63, 3.8) is 0 Å². The van der Waals surface area contributed by atoms with Crippen molar-refractivity contribution in [2.45, 2.75) is 38.9 Å². The number of hydrogen-bond acceptors (Lipinski definition) is 3. The highest BCUT2D eigenvalue weighted by Gasteiger charge is 2.20. The maximum absolute atomic E-state index is 15.1. The zero-order chi connectivity index (χ0) is 25.9. The van der Waals surface area contributed by atoms with Crippen LogP contribution in [0.5, 0.6) is 0 Å². The van der Waals surface area contributed by atoms with Crippen LogP contribution in [0.2, 0.25) is 0 Å². The number of benzene rings is 3. The number of ether oxygens (including phenoxy) is 1. The van der Waals surface area contributed by atoms with Gasteiger partial charge in [0.05, 0.1) is 0 Å². The van der Waals surface area contributed by atoms with Crippen LogP contribution in [0, 0.1) is 11.7 Å². The van der Waals surface area contributed by atoms with Crippen molar-refractivity contribution in [3.05, 3.63) is 95.3 Å². The van der Waals surface area contributed by atoms with Gasteiger partial charge in [-0.2, -0.15) is 0 Å². The van der Waals surface area contributed by atoms with E-state index in [9.17, 15) is 0 Å². The molecule has 5 heteroatoms. The summed E-state index contributed by atoms with van der Waals surface area (Å²) in [4.78, 5) is 4.81. The van der Waals surface area contributed by atoms with Crippen LogP contribution >= 0.6 is 0 Å². The summed E-state index contributed by atoms with van der Waals surface area (Å²) in [5.41, 5.74) is 7.10. The average Bonchev–Trinajstić information content (AvgIpc) is 3.31. The van der Waals surface area contributed by atoms with Crippen molar-refractivity contribution >= 4 is 10.9 Å². The number of halogens is 1. The Hall–Kier alpha value is -2.99. The van der Waals surface area contributed by atoms with Crippen LogP contribution in [0.4, 0.5) is 4.39 Å². The van der Waals surface area contributed by atoms with E-state index in [1.54, 1.807) is 6.07 Å². The van der Waals surface area contributed by atoms with Crippen LogP contribution in [-0.2, 0) is 30.8 Å². The summed E-state index contributed by atoms with van der Waals surface area (Å²) in [7, 11) is 2.16. The molecule has 1 saturated heterocycles. The van der Waals surface area contributed by atoms with Crippen LogP contribution in [0.1, 0.15) is 29.5 Å². The second-order valence-electron chi connectivity index (χ2n) is 11.1. The van der Waals surface area contributed by atoms with E-state index in [2.05, 4.69) is 82.1 Å². The van der Waals surface area contributed by atoms with E-state index in [1.165, 1.54) is 33.3 Å². The third kappa shape index (κ3) is 5.70. The fourth-order valence-corrected chi connectivity index (χ4v) is 6.15. The monoisotopic (exact) mass is 511 g/mol. The van der Waals surface area contributed by atoms with Crippen LogP contribution in [0.15, 0.2) is 72.8 Å². The fourth-order valence-electron chi connectivity index (χ4n) is 6.15. The van der Waals surface area contributed by atoms with E-state index < -0.39 is 0 Å². The number of para-hydroxylation sites is 1. The van der Waals surface area contributed by atoms with Gasteiger partial charge in [0.1, 0.15) is 5.82 Å². The Morgan fingerprint density at radius 1 is 0.842 bits per heavy atom. The highest BCUT2D eigenvalue weighted by Crippen LogP contribution is 2.30. The van der Waals surface area contributed by atoms with Gasteiger partial charge in [0.2, 0.25) is 0 Å². The molecule has 3 aromatic carbocycles. The molecule has 3 heterocycles. The van der Waals surface area contributed by atoms with Crippen LogP contribution in [0.3, 0.4) is 0 Å². The van der Waals surface area contributed by atoms with Gasteiger partial charge >= 0.3 is 0 Å². The van der Waals surface area contributed by atoms with E-state index >= 15 is 4.39 Å². The van der Waals surface area contributed by atoms with Gasteiger partial charge in [0.25, 0.3) is 0 Å². The van der Waals surface area contributed by atoms with Gasteiger partial charge < -0.3 is 14.2 Å². The zero-order valence-corrected chi connectivity index (χ0v) is 22.4. The molecule has 6 rings (SSSR count). The molecule has 0 radical (unpaired) electrons. The van der Waals surface area contributed by atoms with Gasteiger partial charge in [0.15, 0.2) is 0 Å². The highest BCUT2D eigenvalue weighted by atomic mass is 19.1. The summed E-state index contributed by atoms with van der Waals surface area (Å²) in [6, 6.07) is 25.7. The maximum Gasteiger partial charge on any atom is 0.127 e. The predicted octanol–water partition coefficient (Wildman–Crippen LogP) is 6.36. The molecule has 2 aliphatic rings. The first-order chi connectivity index (χ1) is 18.6. The number of rotatable bonds is 2. The van der Waals surface area contributed by atoms with Crippen molar-refractivity contribution in [1.82, 2.24) is 14.4 Å². The van der Waals surface area contributed by atoms with Crippen molar-refractivity contribution in [3.8, 4) is 11.3 Å². The first kappa shape index (κ1) is 25.3. The topological polar surface area (TPSA) is 20.6 Å². The van der Waals surface area contributed by atoms with Crippen molar-refractivity contribution in [2.75, 3.05) is 39.9 Å². The minimum absolute atomic E-state index is 0.100. The Labute approximate surface area is 225 Å². The van der Waals surface area contributed by atoms with Gasteiger partial charge in [-0.3, -0.25) is 4.90 Å². The van der Waals surface area contributed by atoms with Gasteiger partial charge in [0, 0.05) is 74.6 Å². The van der Waals surface area contributed by atoms with Crippen molar-refractivity contribution in [2.24, 2.45) is 5.92 Å². The molecule has 198 valence electrons. The van der Waals surface area contributed by atoms with Gasteiger partial charge in [-0.05, 0) is 73.2 Å². The lowest BCUT2D eigenvalue weighted by molar-refractivity contribution is 0.0507. The van der Waals surface area contributed by atoms with Gasteiger partial charge in [-0.1, -0.05) is 48.5 Å². The molecule has 0 atom stereocenters. The molecule has 0 aliphatic carbocycles. The summed E-state index contributed by atoms with van der Waals surface area (Å²) in [6.07, 6.45) is 3.14. The third-order valence-electron chi connectivity index (χ3n) is 8.27. The Morgan fingerprint density at radius 3 is 2.61 bits per heavy atom. The molecule has 0 spiro atoms. The summed E-state index contributed by atoms with van der Waals surface area (Å²) in [6.45, 7) is 6.76. The molecule has 1 aromatic heterocycles. The summed E-state index contributed by atoms with van der Waals surface area (Å²) in [5, 5.41) is 1.26. The van der Waals surface area contributed by atoms with E-state index in [0.29, 0.717) is 12.5 Å². The number of aromatic nitrogens is 1. The lowest BCUT2D eigenvalue weighted by Crippen LogP contribution is -2.34. The van der Waals surface area contributed by atoms with E-state index in [4.69, 9.17) is 4.74 Å². The molecule has 0 N–H and O–H groups in total. The highest BCUT2D eigenvalue weighted by molar-refractivity contribution is 5.87. The summed E-state index contributed by atoms with van der Waals surface area (Å²) in [5.74, 6) is 0.487. The number of nitrogens with zero attached hydrogens (tertiary/aromatic N) is 3. The largest absolute Gasteiger partial charge is 0.381 e. The molecule has 0 amide bonds. The van der Waals surface area contributed by atoms with Crippen molar-refractivity contribution < 1.29 is 9.13 Å². The van der Waals surface area contributed by atoms with Gasteiger partial charge in [-0.25, -0.2) is 4.39 Å². The Kier molecular flexibility index (Phi) is 7.59. The molecule has 4 bridgehead atoms. The molecule has 4 nitrogen and oxygen atoms in total. The number of fused-ring (bicyclic) bond motifs is 8. The first-order valence-electron chi connectivity index (χ1n) is 14.1. The number of hydrogen-bond donors (Lipinski definition) is 0. The zero-order valence-electron chi connectivity index (χ0n) is 22.4. The third-order valence-corrected chi connectivity index (χ3v) is 8.27. The molecule has 0 saturated carbocycles. The lowest BCUT2D eigenvalue weighted by atomic mass is 9.99. The van der Waals surface area contributed by atoms with Crippen LogP contribution in [-0.4, -0.2) is 54.3 Å². The molecular weight excluding hydrogens is 473 g/mol. The molecule has 38 heavy (non-hydrogen) atoms. The average molecular weight is 512 g/mol. The molecular formula is C33H38FN3O. The van der Waals surface area contributed by atoms with E-state index in [0.717, 1.165) is 70.8 Å². The second kappa shape index (κ2) is 11.4. The van der Waals surface area contributed by atoms with Gasteiger partial charge in [-0.15, -0.1) is 0 Å². The van der Waals surface area contributed by atoms with E-state index in [-0.39, 0.29) is 5.82 Å². The predicted molar refractivity (Wildman–Crippen MR) is 153 cm³/mol. The first-order valence-corrected chi connectivity index (χ1v) is 14.1. The molecule has 4 aromatic rings. The number of likely N-dealkylation sites (N-methyl/N-ethyl adjacent to an activating group) is 1. The normalized spacial score (nSPS) is 18.5. The smallest absolute Gasteiger partial charge is 0.127 e. The Morgan fingerprint density at radius 2 is 1.71 bits per heavy atom. The van der Waals surface area contributed by atoms with Crippen molar-refractivity contribution in [1.29, 1.82) is 0 Å². The molecule has 1 fully saturated rings. The standard InChI is InChI=1S/C33H38FN3O/c1-35-14-11-25-5-4-7-28(19-25)33-21-29-6-2-3-8-32(29)37(33)16-15-36(23-26-12-17-38-18-13-26)24-30-20-27(22-35)9-10-31(30)34/h2-10,19-21,26H,11-18,22-24H2,1H3. The minimum Gasteiger partial charge on any atom is -0.381 e. The minimum atomic E-state index is -0.100. The quantitative estimate of drug-likeness (QED) is 0.312. The van der Waals surface area contributed by atoms with Crippen LogP contribution < -0.4 is 0 Å². The Balaban J connectivity index is 1.40. The summed E-state index contributed by atoms with van der Waals surface area (Å²) < 4.78 is 23.2. The lowest BCUT2D eigenvalue weighted by Gasteiger charge is -2.30. The fraction of sp³-hybridized carbons (Fsp3) is 0.394. The van der Waals surface area contributed by atoms with Crippen LogP contribution in [0.25, 0.3) is 22.2 Å². The summed E-state index contributed by atoms with van der Waals surface area (Å²) >= 11 is 0. The molecule has 0 unspecified atom stereocenters. The SMILES string of the molecule is CN1CCc2cccc(c2)-c2cc3ccccc3n2CCN(CC2CCOCC2)Cc2cc(ccc2F)C1.